The highest BCUT2D eigenvalue weighted by Crippen LogP contribution is 2.11. The number of pyridine rings is 1. The summed E-state index contributed by atoms with van der Waals surface area (Å²) >= 11 is 5.92. The molecule has 5 nitrogen and oxygen atoms in total. The van der Waals surface area contributed by atoms with E-state index in [1.807, 2.05) is 37.4 Å². The molecule has 0 radical (unpaired) electrons. The van der Waals surface area contributed by atoms with Gasteiger partial charge in [0.25, 0.3) is 0 Å². The molecular formula is C14H19ClN4O. The van der Waals surface area contributed by atoms with Crippen LogP contribution in [0.4, 0.5) is 0 Å². The van der Waals surface area contributed by atoms with E-state index < -0.39 is 0 Å². The van der Waals surface area contributed by atoms with Gasteiger partial charge in [-0.05, 0) is 32.9 Å². The van der Waals surface area contributed by atoms with Gasteiger partial charge in [-0.1, -0.05) is 11.6 Å². The maximum atomic E-state index is 11.6. The fourth-order valence-electron chi connectivity index (χ4n) is 1.87. The van der Waals surface area contributed by atoms with Crippen molar-refractivity contribution in [2.45, 2.75) is 32.9 Å². The summed E-state index contributed by atoms with van der Waals surface area (Å²) in [6, 6.07) is 3.66. The molecule has 108 valence electrons. The van der Waals surface area contributed by atoms with Crippen LogP contribution in [-0.4, -0.2) is 27.4 Å². The molecule has 2 N–H and O–H groups in total. The Balaban J connectivity index is 1.88. The van der Waals surface area contributed by atoms with Crippen LogP contribution in [0.25, 0.3) is 5.65 Å². The number of imidazole rings is 1. The fraction of sp³-hybridized carbons (Fsp3) is 0.429. The molecule has 0 bridgehead atoms. The number of carbonyl (C=O) groups is 1. The van der Waals surface area contributed by atoms with Crippen LogP contribution >= 0.6 is 11.6 Å². The summed E-state index contributed by atoms with van der Waals surface area (Å²) in [5, 5.41) is 6.64. The Kier molecular flexibility index (Phi) is 4.30. The zero-order valence-electron chi connectivity index (χ0n) is 11.9. The molecule has 0 saturated carbocycles. The summed E-state index contributed by atoms with van der Waals surface area (Å²) < 4.78 is 1.87. The number of aromatic nitrogens is 2. The number of fused-ring (bicyclic) bond motifs is 1. The second kappa shape index (κ2) is 5.81. The third-order valence-corrected chi connectivity index (χ3v) is 2.79. The third kappa shape index (κ3) is 4.21. The highest BCUT2D eigenvalue weighted by molar-refractivity contribution is 6.30. The lowest BCUT2D eigenvalue weighted by Gasteiger charge is -2.20. The number of hydrogen-bond donors (Lipinski definition) is 2. The molecule has 2 aromatic heterocycles. The van der Waals surface area contributed by atoms with Gasteiger partial charge in [0, 0.05) is 24.5 Å². The van der Waals surface area contributed by atoms with E-state index in [2.05, 4.69) is 15.6 Å². The third-order valence-electron chi connectivity index (χ3n) is 2.57. The second-order valence-electron chi connectivity index (χ2n) is 5.75. The fourth-order valence-corrected chi connectivity index (χ4v) is 2.04. The minimum atomic E-state index is -0.210. The van der Waals surface area contributed by atoms with Gasteiger partial charge in [0.2, 0.25) is 5.91 Å². The zero-order valence-corrected chi connectivity index (χ0v) is 12.7. The number of nitrogens with one attached hydrogen (secondary N) is 2. The predicted molar refractivity (Wildman–Crippen MR) is 79.8 cm³/mol. The molecule has 0 aliphatic rings. The average Bonchev–Trinajstić information content (AvgIpc) is 2.68. The number of nitrogens with zero attached hydrogens (tertiary/aromatic N) is 2. The summed E-state index contributed by atoms with van der Waals surface area (Å²) in [7, 11) is 0. The van der Waals surface area contributed by atoms with Gasteiger partial charge < -0.3 is 15.0 Å². The normalized spacial score (nSPS) is 11.8. The van der Waals surface area contributed by atoms with Crippen molar-refractivity contribution in [3.63, 3.8) is 0 Å². The Morgan fingerprint density at radius 2 is 2.10 bits per heavy atom. The molecule has 2 rings (SSSR count). The van der Waals surface area contributed by atoms with E-state index in [4.69, 9.17) is 11.6 Å². The van der Waals surface area contributed by atoms with Gasteiger partial charge in [-0.3, -0.25) is 4.79 Å². The number of halogens is 1. The first kappa shape index (κ1) is 14.8. The highest BCUT2D eigenvalue weighted by Gasteiger charge is 2.13. The molecule has 0 saturated heterocycles. The molecule has 0 aromatic carbocycles. The zero-order chi connectivity index (χ0) is 14.8. The molecular weight excluding hydrogens is 276 g/mol. The van der Waals surface area contributed by atoms with Crippen molar-refractivity contribution >= 4 is 23.2 Å². The first-order valence-electron chi connectivity index (χ1n) is 6.48. The topological polar surface area (TPSA) is 58.4 Å². The van der Waals surface area contributed by atoms with Crippen LogP contribution in [0.3, 0.4) is 0 Å². The van der Waals surface area contributed by atoms with E-state index in [0.29, 0.717) is 11.6 Å². The van der Waals surface area contributed by atoms with Crippen molar-refractivity contribution in [3.05, 3.63) is 35.2 Å². The smallest absolute Gasteiger partial charge is 0.234 e. The number of carbonyl (C=O) groups excluding carboxylic acids is 1. The number of hydrogen-bond acceptors (Lipinski definition) is 3. The van der Waals surface area contributed by atoms with E-state index in [9.17, 15) is 4.79 Å². The molecule has 2 heterocycles. The Morgan fingerprint density at radius 1 is 1.35 bits per heavy atom. The van der Waals surface area contributed by atoms with Gasteiger partial charge in [-0.2, -0.15) is 0 Å². The van der Waals surface area contributed by atoms with Crippen molar-refractivity contribution in [3.8, 4) is 0 Å². The van der Waals surface area contributed by atoms with Gasteiger partial charge in [0.1, 0.15) is 5.65 Å². The standard InChI is InChI=1S/C14H19ClN4O/c1-14(2,3)18-13(20)7-16-6-11-9-19-8-10(15)4-5-12(19)17-11/h4-5,8-9,16H,6-7H2,1-3H3,(H,18,20). The Hall–Kier alpha value is -1.59. The van der Waals surface area contributed by atoms with Gasteiger partial charge in [-0.15, -0.1) is 0 Å². The van der Waals surface area contributed by atoms with Gasteiger partial charge in [0.05, 0.1) is 17.3 Å². The maximum Gasteiger partial charge on any atom is 0.234 e. The lowest BCUT2D eigenvalue weighted by atomic mass is 10.1. The van der Waals surface area contributed by atoms with Crippen molar-refractivity contribution < 1.29 is 4.79 Å². The van der Waals surface area contributed by atoms with E-state index in [1.165, 1.54) is 0 Å². The van der Waals surface area contributed by atoms with Crippen LogP contribution in [0.5, 0.6) is 0 Å². The summed E-state index contributed by atoms with van der Waals surface area (Å²) in [5.41, 5.74) is 1.50. The quantitative estimate of drug-likeness (QED) is 0.907. The predicted octanol–water partition coefficient (Wildman–Crippen LogP) is 1.99. The van der Waals surface area contributed by atoms with E-state index >= 15 is 0 Å². The van der Waals surface area contributed by atoms with Crippen molar-refractivity contribution in [2.75, 3.05) is 6.54 Å². The lowest BCUT2D eigenvalue weighted by Crippen LogP contribution is -2.44. The van der Waals surface area contributed by atoms with Crippen molar-refractivity contribution in [1.29, 1.82) is 0 Å². The minimum Gasteiger partial charge on any atom is -0.350 e. The van der Waals surface area contributed by atoms with Crippen molar-refractivity contribution in [2.24, 2.45) is 0 Å². The van der Waals surface area contributed by atoms with Crippen LogP contribution in [-0.2, 0) is 11.3 Å². The van der Waals surface area contributed by atoms with Gasteiger partial charge in [-0.25, -0.2) is 4.98 Å². The molecule has 1 amide bonds. The number of rotatable bonds is 4. The molecule has 0 aliphatic carbocycles. The van der Waals surface area contributed by atoms with Crippen LogP contribution in [0.15, 0.2) is 24.5 Å². The van der Waals surface area contributed by atoms with Gasteiger partial charge >= 0.3 is 0 Å². The average molecular weight is 295 g/mol. The van der Waals surface area contributed by atoms with Crippen LogP contribution in [0, 0.1) is 0 Å². The van der Waals surface area contributed by atoms with Crippen LogP contribution in [0.2, 0.25) is 5.02 Å². The van der Waals surface area contributed by atoms with E-state index in [1.54, 1.807) is 12.3 Å². The summed E-state index contributed by atoms with van der Waals surface area (Å²) in [6.07, 6.45) is 3.70. The highest BCUT2D eigenvalue weighted by atomic mass is 35.5. The van der Waals surface area contributed by atoms with Crippen LogP contribution < -0.4 is 10.6 Å². The molecule has 0 atom stereocenters. The number of amides is 1. The monoisotopic (exact) mass is 294 g/mol. The molecule has 0 aliphatic heterocycles. The van der Waals surface area contributed by atoms with Gasteiger partial charge in [0.15, 0.2) is 0 Å². The Labute approximate surface area is 123 Å². The first-order chi connectivity index (χ1) is 9.33. The molecule has 20 heavy (non-hydrogen) atoms. The largest absolute Gasteiger partial charge is 0.350 e. The first-order valence-corrected chi connectivity index (χ1v) is 6.86. The minimum absolute atomic E-state index is 0.0238. The second-order valence-corrected chi connectivity index (χ2v) is 6.18. The van der Waals surface area contributed by atoms with Crippen LogP contribution in [0.1, 0.15) is 26.5 Å². The SMILES string of the molecule is CC(C)(C)NC(=O)CNCc1cn2cc(Cl)ccc2n1. The lowest BCUT2D eigenvalue weighted by molar-refractivity contribution is -0.121. The molecule has 2 aromatic rings. The molecule has 0 fully saturated rings. The molecule has 0 spiro atoms. The van der Waals surface area contributed by atoms with Crippen molar-refractivity contribution in [1.82, 2.24) is 20.0 Å². The van der Waals surface area contributed by atoms with E-state index in [-0.39, 0.29) is 18.0 Å². The molecule has 6 heteroatoms. The van der Waals surface area contributed by atoms with E-state index in [0.717, 1.165) is 11.3 Å². The summed E-state index contributed by atoms with van der Waals surface area (Å²) in [4.78, 5) is 16.1. The summed E-state index contributed by atoms with van der Waals surface area (Å²) in [5.74, 6) is -0.0238. The Morgan fingerprint density at radius 3 is 2.80 bits per heavy atom. The maximum absolute atomic E-state index is 11.6. The summed E-state index contributed by atoms with van der Waals surface area (Å²) in [6.45, 7) is 6.67. The Bertz CT molecular complexity index is 615. The molecule has 0 unspecified atom stereocenters.